The zero-order chi connectivity index (χ0) is 16.2. The van der Waals surface area contributed by atoms with E-state index < -0.39 is 0 Å². The summed E-state index contributed by atoms with van der Waals surface area (Å²) in [7, 11) is 0. The van der Waals surface area contributed by atoms with Crippen LogP contribution in [-0.2, 0) is 9.53 Å². The molecule has 1 aromatic rings. The molecule has 1 aromatic carbocycles. The smallest absolute Gasteiger partial charge is 0.253 e. The van der Waals surface area contributed by atoms with Gasteiger partial charge in [-0.05, 0) is 37.1 Å². The summed E-state index contributed by atoms with van der Waals surface area (Å²) in [6.07, 6.45) is 1.37. The quantitative estimate of drug-likeness (QED) is 0.830. The minimum absolute atomic E-state index is 0.00892. The van der Waals surface area contributed by atoms with Crippen molar-refractivity contribution in [2.24, 2.45) is 5.92 Å². The van der Waals surface area contributed by atoms with E-state index in [4.69, 9.17) is 4.74 Å². The molecule has 0 unspecified atom stereocenters. The number of rotatable bonds is 2. The molecule has 2 aliphatic heterocycles. The number of carbonyl (C=O) groups excluding carboxylic acids is 2. The van der Waals surface area contributed by atoms with Gasteiger partial charge < -0.3 is 14.5 Å². The Labute approximate surface area is 135 Å². The molecule has 6 heteroatoms. The maximum atomic E-state index is 12.9. The number of nitrogens with zero attached hydrogens (tertiary/aromatic N) is 2. The number of halogens is 1. The first-order valence-electron chi connectivity index (χ1n) is 8.06. The molecule has 0 N–H and O–H groups in total. The maximum Gasteiger partial charge on any atom is 0.253 e. The summed E-state index contributed by atoms with van der Waals surface area (Å²) >= 11 is 0. The van der Waals surface area contributed by atoms with Crippen molar-refractivity contribution in [1.82, 2.24) is 9.80 Å². The largest absolute Gasteiger partial charge is 0.378 e. The summed E-state index contributed by atoms with van der Waals surface area (Å²) in [6.45, 7) is 3.66. The summed E-state index contributed by atoms with van der Waals surface area (Å²) in [5, 5.41) is 0. The third kappa shape index (κ3) is 3.69. The van der Waals surface area contributed by atoms with Crippen molar-refractivity contribution in [2.75, 3.05) is 39.4 Å². The number of hydrogen-bond acceptors (Lipinski definition) is 3. The van der Waals surface area contributed by atoms with Crippen LogP contribution in [0.2, 0.25) is 0 Å². The third-order valence-corrected chi connectivity index (χ3v) is 4.55. The molecule has 2 amide bonds. The van der Waals surface area contributed by atoms with Crippen molar-refractivity contribution >= 4 is 11.8 Å². The number of benzene rings is 1. The van der Waals surface area contributed by atoms with Crippen molar-refractivity contribution in [1.29, 1.82) is 0 Å². The molecule has 0 spiro atoms. The summed E-state index contributed by atoms with van der Waals surface area (Å²) in [4.78, 5) is 28.5. The molecule has 0 radical (unpaired) electrons. The monoisotopic (exact) mass is 320 g/mol. The number of likely N-dealkylation sites (tertiary alicyclic amines) is 1. The summed E-state index contributed by atoms with van der Waals surface area (Å²) in [6, 6.07) is 5.59. The SMILES string of the molecule is O=C(c1ccc(F)cc1)N1CCC(C(=O)N2CCOCC2)CC1. The van der Waals surface area contributed by atoms with E-state index in [0.717, 1.165) is 0 Å². The number of carbonyl (C=O) groups is 2. The predicted molar refractivity (Wildman–Crippen MR) is 82.4 cm³/mol. The maximum absolute atomic E-state index is 12.9. The van der Waals surface area contributed by atoms with Crippen LogP contribution in [-0.4, -0.2) is 61.0 Å². The van der Waals surface area contributed by atoms with Gasteiger partial charge in [-0.1, -0.05) is 0 Å². The molecule has 0 bridgehead atoms. The highest BCUT2D eigenvalue weighted by Crippen LogP contribution is 2.22. The van der Waals surface area contributed by atoms with Crippen LogP contribution in [0, 0.1) is 11.7 Å². The molecule has 0 aromatic heterocycles. The standard InChI is InChI=1S/C17H21FN2O3/c18-15-3-1-13(2-4-15)16(21)19-7-5-14(6-8-19)17(22)20-9-11-23-12-10-20/h1-4,14H,5-12H2. The van der Waals surface area contributed by atoms with Gasteiger partial charge in [0, 0.05) is 37.7 Å². The number of piperidine rings is 1. The average Bonchev–Trinajstić information content (AvgIpc) is 2.62. The third-order valence-electron chi connectivity index (χ3n) is 4.55. The van der Waals surface area contributed by atoms with Crippen LogP contribution in [0.4, 0.5) is 4.39 Å². The van der Waals surface area contributed by atoms with Crippen LogP contribution in [0.5, 0.6) is 0 Å². The van der Waals surface area contributed by atoms with Gasteiger partial charge in [0.25, 0.3) is 5.91 Å². The second-order valence-electron chi connectivity index (χ2n) is 6.01. The molecule has 0 saturated carbocycles. The Bertz CT molecular complexity index is 562. The fourth-order valence-corrected chi connectivity index (χ4v) is 3.15. The zero-order valence-electron chi connectivity index (χ0n) is 13.0. The highest BCUT2D eigenvalue weighted by Gasteiger charge is 2.31. The molecule has 124 valence electrons. The Hall–Kier alpha value is -1.95. The summed E-state index contributed by atoms with van der Waals surface area (Å²) in [5.41, 5.74) is 0.490. The number of ether oxygens (including phenoxy) is 1. The fraction of sp³-hybridized carbons (Fsp3) is 0.529. The number of morpholine rings is 1. The summed E-state index contributed by atoms with van der Waals surface area (Å²) in [5.74, 6) is -0.272. The molecule has 0 atom stereocenters. The molecular weight excluding hydrogens is 299 g/mol. The fourth-order valence-electron chi connectivity index (χ4n) is 3.15. The van der Waals surface area contributed by atoms with Crippen LogP contribution < -0.4 is 0 Å². The molecule has 2 fully saturated rings. The van der Waals surface area contributed by atoms with Gasteiger partial charge in [-0.3, -0.25) is 9.59 Å². The van der Waals surface area contributed by atoms with E-state index in [2.05, 4.69) is 0 Å². The average molecular weight is 320 g/mol. The van der Waals surface area contributed by atoms with Gasteiger partial charge in [0.2, 0.25) is 5.91 Å². The lowest BCUT2D eigenvalue weighted by atomic mass is 9.94. The highest BCUT2D eigenvalue weighted by atomic mass is 19.1. The van der Waals surface area contributed by atoms with Crippen LogP contribution >= 0.6 is 0 Å². The molecule has 0 aliphatic carbocycles. The molecule has 3 rings (SSSR count). The van der Waals surface area contributed by atoms with Crippen LogP contribution in [0.15, 0.2) is 24.3 Å². The Kier molecular flexibility index (Phi) is 4.91. The lowest BCUT2D eigenvalue weighted by Crippen LogP contribution is -2.47. The zero-order valence-corrected chi connectivity index (χ0v) is 13.0. The molecular formula is C17H21FN2O3. The lowest BCUT2D eigenvalue weighted by molar-refractivity contribution is -0.141. The molecule has 23 heavy (non-hydrogen) atoms. The van der Waals surface area contributed by atoms with Gasteiger partial charge in [-0.15, -0.1) is 0 Å². The number of amides is 2. The van der Waals surface area contributed by atoms with E-state index in [1.54, 1.807) is 4.90 Å². The van der Waals surface area contributed by atoms with Crippen molar-refractivity contribution in [3.63, 3.8) is 0 Å². The van der Waals surface area contributed by atoms with Crippen LogP contribution in [0.1, 0.15) is 23.2 Å². The van der Waals surface area contributed by atoms with Gasteiger partial charge in [-0.25, -0.2) is 4.39 Å². The number of hydrogen-bond donors (Lipinski definition) is 0. The predicted octanol–water partition coefficient (Wildman–Crippen LogP) is 1.54. The van der Waals surface area contributed by atoms with Crippen molar-refractivity contribution < 1.29 is 18.7 Å². The topological polar surface area (TPSA) is 49.9 Å². The minimum Gasteiger partial charge on any atom is -0.378 e. The first-order valence-corrected chi connectivity index (χ1v) is 8.06. The Morgan fingerprint density at radius 1 is 0.957 bits per heavy atom. The van der Waals surface area contributed by atoms with Gasteiger partial charge in [0.1, 0.15) is 5.82 Å². The summed E-state index contributed by atoms with van der Waals surface area (Å²) < 4.78 is 18.2. The normalized spacial score (nSPS) is 19.7. The van der Waals surface area contributed by atoms with E-state index in [1.807, 2.05) is 4.90 Å². The molecule has 5 nitrogen and oxygen atoms in total. The van der Waals surface area contributed by atoms with E-state index in [0.29, 0.717) is 57.8 Å². The van der Waals surface area contributed by atoms with Crippen molar-refractivity contribution in [2.45, 2.75) is 12.8 Å². The highest BCUT2D eigenvalue weighted by molar-refractivity contribution is 5.94. The first kappa shape index (κ1) is 15.9. The molecule has 2 aliphatic rings. The van der Waals surface area contributed by atoms with E-state index in [-0.39, 0.29) is 23.5 Å². The van der Waals surface area contributed by atoms with Gasteiger partial charge in [0.05, 0.1) is 13.2 Å². The second kappa shape index (κ2) is 7.08. The van der Waals surface area contributed by atoms with Crippen LogP contribution in [0.25, 0.3) is 0 Å². The Morgan fingerprint density at radius 3 is 2.17 bits per heavy atom. The Balaban J connectivity index is 1.54. The minimum atomic E-state index is -0.351. The Morgan fingerprint density at radius 2 is 1.57 bits per heavy atom. The van der Waals surface area contributed by atoms with Crippen molar-refractivity contribution in [3.8, 4) is 0 Å². The molecule has 2 heterocycles. The second-order valence-corrected chi connectivity index (χ2v) is 6.01. The van der Waals surface area contributed by atoms with Gasteiger partial charge in [-0.2, -0.15) is 0 Å². The van der Waals surface area contributed by atoms with Crippen LogP contribution in [0.3, 0.4) is 0 Å². The van der Waals surface area contributed by atoms with E-state index in [1.165, 1.54) is 24.3 Å². The van der Waals surface area contributed by atoms with Gasteiger partial charge in [0.15, 0.2) is 0 Å². The molecule has 2 saturated heterocycles. The van der Waals surface area contributed by atoms with Gasteiger partial charge >= 0.3 is 0 Å². The first-order chi connectivity index (χ1) is 11.1. The van der Waals surface area contributed by atoms with E-state index in [9.17, 15) is 14.0 Å². The van der Waals surface area contributed by atoms with E-state index >= 15 is 0 Å². The van der Waals surface area contributed by atoms with Crippen molar-refractivity contribution in [3.05, 3.63) is 35.6 Å². The lowest BCUT2D eigenvalue weighted by Gasteiger charge is -2.35.